The van der Waals surface area contributed by atoms with Crippen molar-refractivity contribution >= 4 is 34.9 Å². The van der Waals surface area contributed by atoms with Gasteiger partial charge in [-0.15, -0.1) is 21.5 Å². The largest absolute Gasteiger partial charge is 0.450 e. The summed E-state index contributed by atoms with van der Waals surface area (Å²) in [6.45, 7) is 8.80. The normalized spacial score (nSPS) is 16.9. The van der Waals surface area contributed by atoms with Crippen LogP contribution < -0.4 is 0 Å². The number of rotatable bonds is 4. The Morgan fingerprint density at radius 2 is 1.65 bits per heavy atom. The lowest BCUT2D eigenvalue weighted by atomic mass is 9.97. The summed E-state index contributed by atoms with van der Waals surface area (Å²) in [5, 5.41) is 15.5. The highest BCUT2D eigenvalue weighted by Gasteiger charge is 2.31. The first-order valence-corrected chi connectivity index (χ1v) is 13.4. The van der Waals surface area contributed by atoms with E-state index in [9.17, 15) is 14.4 Å². The summed E-state index contributed by atoms with van der Waals surface area (Å²) in [6, 6.07) is 1.83. The van der Waals surface area contributed by atoms with Gasteiger partial charge in [-0.25, -0.2) is 14.3 Å². The molecule has 0 N–H and O–H groups in total. The van der Waals surface area contributed by atoms with Gasteiger partial charge in [-0.2, -0.15) is 5.10 Å². The van der Waals surface area contributed by atoms with Gasteiger partial charge < -0.3 is 19.4 Å². The predicted molar refractivity (Wildman–Crippen MR) is 135 cm³/mol. The predicted octanol–water partition coefficient (Wildman–Crippen LogP) is 2.13. The SMILES string of the molecule is CCOC(=O)N1CCN(C(=O)c2csc(C3CCN(C(=O)c4nnc5cc(C)nn5c4C)CC3)n2)CC1. The maximum Gasteiger partial charge on any atom is 0.409 e. The summed E-state index contributed by atoms with van der Waals surface area (Å²) in [5.74, 6) is -0.0629. The van der Waals surface area contributed by atoms with Gasteiger partial charge in [-0.3, -0.25) is 9.59 Å². The number of fused-ring (bicyclic) bond motifs is 1. The quantitative estimate of drug-likeness (QED) is 0.506. The second-order valence-corrected chi connectivity index (χ2v) is 10.2. The minimum absolute atomic E-state index is 0.114. The van der Waals surface area contributed by atoms with Gasteiger partial charge in [0, 0.05) is 56.6 Å². The van der Waals surface area contributed by atoms with Gasteiger partial charge in [0.15, 0.2) is 11.3 Å². The Morgan fingerprint density at radius 3 is 2.35 bits per heavy atom. The van der Waals surface area contributed by atoms with Gasteiger partial charge in [0.2, 0.25) is 0 Å². The van der Waals surface area contributed by atoms with Gasteiger partial charge in [0.25, 0.3) is 11.8 Å². The van der Waals surface area contributed by atoms with Crippen LogP contribution in [0, 0.1) is 13.8 Å². The molecule has 0 unspecified atom stereocenters. The van der Waals surface area contributed by atoms with Crippen molar-refractivity contribution in [1.29, 1.82) is 0 Å². The van der Waals surface area contributed by atoms with E-state index in [0.29, 0.717) is 68.6 Å². The molecule has 12 nitrogen and oxygen atoms in total. The van der Waals surface area contributed by atoms with E-state index in [1.165, 1.54) is 11.3 Å². The number of ether oxygens (including phenoxy) is 1. The second-order valence-electron chi connectivity index (χ2n) is 9.31. The molecule has 0 atom stereocenters. The fourth-order valence-electron chi connectivity index (χ4n) is 4.80. The van der Waals surface area contributed by atoms with E-state index in [1.807, 2.05) is 25.3 Å². The number of thiazole rings is 1. The van der Waals surface area contributed by atoms with Crippen LogP contribution in [0.25, 0.3) is 5.65 Å². The van der Waals surface area contributed by atoms with Crippen molar-refractivity contribution in [2.75, 3.05) is 45.9 Å². The molecule has 13 heteroatoms. The molecule has 2 aliphatic heterocycles. The molecule has 3 aromatic rings. The third-order valence-electron chi connectivity index (χ3n) is 6.89. The van der Waals surface area contributed by atoms with E-state index in [-0.39, 0.29) is 23.8 Å². The zero-order valence-electron chi connectivity index (χ0n) is 21.2. The first-order chi connectivity index (χ1) is 17.9. The summed E-state index contributed by atoms with van der Waals surface area (Å²) in [5.41, 5.74) is 2.88. The van der Waals surface area contributed by atoms with Crippen LogP contribution in [-0.4, -0.2) is 103 Å². The van der Waals surface area contributed by atoms with Crippen LogP contribution in [0.15, 0.2) is 11.4 Å². The monoisotopic (exact) mass is 526 g/mol. The number of hydrogen-bond donors (Lipinski definition) is 0. The molecule has 5 rings (SSSR count). The van der Waals surface area contributed by atoms with Crippen molar-refractivity contribution in [2.45, 2.75) is 39.5 Å². The number of nitrogens with zero attached hydrogens (tertiary/aromatic N) is 8. The molecular weight excluding hydrogens is 496 g/mol. The van der Waals surface area contributed by atoms with E-state index in [0.717, 1.165) is 23.5 Å². The Balaban J connectivity index is 1.17. The van der Waals surface area contributed by atoms with Crippen LogP contribution in [0.4, 0.5) is 4.79 Å². The first-order valence-electron chi connectivity index (χ1n) is 12.5. The van der Waals surface area contributed by atoms with E-state index in [2.05, 4.69) is 20.3 Å². The van der Waals surface area contributed by atoms with Crippen LogP contribution in [0.5, 0.6) is 0 Å². The fourth-order valence-corrected chi connectivity index (χ4v) is 5.76. The number of piperidine rings is 1. The third kappa shape index (κ3) is 4.99. The molecule has 0 aliphatic carbocycles. The van der Waals surface area contributed by atoms with Crippen molar-refractivity contribution in [3.05, 3.63) is 39.2 Å². The Labute approximate surface area is 218 Å². The Hall–Kier alpha value is -3.61. The number of piperazine rings is 1. The van der Waals surface area contributed by atoms with Gasteiger partial charge in [0.1, 0.15) is 5.69 Å². The highest BCUT2D eigenvalue weighted by molar-refractivity contribution is 7.09. The molecule has 0 bridgehead atoms. The molecule has 196 valence electrons. The maximum atomic E-state index is 13.2. The zero-order chi connectivity index (χ0) is 26.1. The number of likely N-dealkylation sites (tertiary alicyclic amines) is 1. The molecular formula is C24H30N8O4S. The number of hydrogen-bond acceptors (Lipinski definition) is 9. The lowest BCUT2D eigenvalue weighted by Crippen LogP contribution is -2.50. The fraction of sp³-hybridized carbons (Fsp3) is 0.542. The van der Waals surface area contributed by atoms with Crippen LogP contribution in [0.2, 0.25) is 0 Å². The standard InChI is InChI=1S/C24H30N8O4S/c1-4-36-24(35)31-11-9-30(10-12-31)22(33)18-14-37-21(25-18)17-5-7-29(8-6-17)23(34)20-16(3)32-19(26-27-20)13-15(2)28-32/h13-14,17H,4-12H2,1-3H3. The maximum absolute atomic E-state index is 13.2. The first kappa shape index (κ1) is 25.1. The highest BCUT2D eigenvalue weighted by Crippen LogP contribution is 2.31. The van der Waals surface area contributed by atoms with Gasteiger partial charge >= 0.3 is 6.09 Å². The van der Waals surface area contributed by atoms with Crippen molar-refractivity contribution in [1.82, 2.24) is 39.5 Å². The summed E-state index contributed by atoms with van der Waals surface area (Å²) < 4.78 is 6.70. The molecule has 2 saturated heterocycles. The molecule has 2 fully saturated rings. The average Bonchev–Trinajstić information content (AvgIpc) is 3.56. The lowest BCUT2D eigenvalue weighted by Gasteiger charge is -2.33. The molecule has 0 spiro atoms. The molecule has 3 amide bonds. The minimum Gasteiger partial charge on any atom is -0.450 e. The van der Waals surface area contributed by atoms with E-state index < -0.39 is 0 Å². The number of carbonyl (C=O) groups excluding carboxylic acids is 3. The van der Waals surface area contributed by atoms with E-state index in [1.54, 1.807) is 26.1 Å². The van der Waals surface area contributed by atoms with Gasteiger partial charge in [-0.05, 0) is 33.6 Å². The smallest absolute Gasteiger partial charge is 0.409 e. The highest BCUT2D eigenvalue weighted by atomic mass is 32.1. The molecule has 37 heavy (non-hydrogen) atoms. The number of amides is 3. The van der Waals surface area contributed by atoms with Crippen LogP contribution in [0.3, 0.4) is 0 Å². The van der Waals surface area contributed by atoms with Crippen molar-refractivity contribution in [3.8, 4) is 0 Å². The van der Waals surface area contributed by atoms with Crippen molar-refractivity contribution < 1.29 is 19.1 Å². The van der Waals surface area contributed by atoms with Gasteiger partial charge in [-0.1, -0.05) is 0 Å². The van der Waals surface area contributed by atoms with Gasteiger partial charge in [0.05, 0.1) is 23.0 Å². The summed E-state index contributed by atoms with van der Waals surface area (Å²) >= 11 is 1.49. The van der Waals surface area contributed by atoms with E-state index >= 15 is 0 Å². The minimum atomic E-state index is -0.338. The van der Waals surface area contributed by atoms with E-state index in [4.69, 9.17) is 4.74 Å². The van der Waals surface area contributed by atoms with Crippen LogP contribution in [-0.2, 0) is 4.74 Å². The molecule has 0 radical (unpaired) electrons. The number of aromatic nitrogens is 5. The second kappa shape index (κ2) is 10.4. The summed E-state index contributed by atoms with van der Waals surface area (Å²) in [6.07, 6.45) is 1.19. The number of carbonyl (C=O) groups is 3. The van der Waals surface area contributed by atoms with Crippen LogP contribution >= 0.6 is 11.3 Å². The summed E-state index contributed by atoms with van der Waals surface area (Å²) in [7, 11) is 0. The lowest BCUT2D eigenvalue weighted by molar-refractivity contribution is 0.0566. The molecule has 5 heterocycles. The third-order valence-corrected chi connectivity index (χ3v) is 7.90. The zero-order valence-corrected chi connectivity index (χ0v) is 22.0. The molecule has 0 saturated carbocycles. The van der Waals surface area contributed by atoms with Crippen molar-refractivity contribution in [2.24, 2.45) is 0 Å². The van der Waals surface area contributed by atoms with Crippen LogP contribution in [0.1, 0.15) is 63.1 Å². The Kier molecular flexibility index (Phi) is 7.04. The summed E-state index contributed by atoms with van der Waals surface area (Å²) in [4.78, 5) is 47.9. The molecule has 0 aromatic carbocycles. The van der Waals surface area contributed by atoms with Crippen molar-refractivity contribution in [3.63, 3.8) is 0 Å². The average molecular weight is 527 g/mol. The molecule has 2 aliphatic rings. The Bertz CT molecular complexity index is 1320. The molecule has 3 aromatic heterocycles. The Morgan fingerprint density at radius 1 is 0.973 bits per heavy atom. The number of aryl methyl sites for hydroxylation is 2. The topological polar surface area (TPSA) is 126 Å².